The summed E-state index contributed by atoms with van der Waals surface area (Å²) in [6.07, 6.45) is 7.19. The molecule has 0 saturated heterocycles. The third kappa shape index (κ3) is 3.88. The summed E-state index contributed by atoms with van der Waals surface area (Å²) in [4.78, 5) is 0. The van der Waals surface area contributed by atoms with Crippen LogP contribution in [0.3, 0.4) is 0 Å². The van der Waals surface area contributed by atoms with Crippen molar-refractivity contribution in [1.29, 1.82) is 0 Å². The first-order chi connectivity index (χ1) is 5.79. The molecule has 1 aliphatic carbocycles. The quantitative estimate of drug-likeness (QED) is 0.482. The van der Waals surface area contributed by atoms with Gasteiger partial charge in [0.2, 0.25) is 0 Å². The zero-order valence-corrected chi connectivity index (χ0v) is 7.84. The molecule has 0 aromatic rings. The molecule has 0 aromatic heterocycles. The van der Waals surface area contributed by atoms with Gasteiger partial charge in [-0.3, -0.25) is 0 Å². The van der Waals surface area contributed by atoms with Crippen LogP contribution in [0.4, 0.5) is 0 Å². The van der Waals surface area contributed by atoms with Gasteiger partial charge in [0.25, 0.3) is 0 Å². The highest BCUT2D eigenvalue weighted by Gasteiger charge is 2.03. The fraction of sp³-hybridized carbons (Fsp3) is 0.800. The fourth-order valence-electron chi connectivity index (χ4n) is 1.52. The van der Waals surface area contributed by atoms with Crippen LogP contribution in [0.15, 0.2) is 11.6 Å². The van der Waals surface area contributed by atoms with Gasteiger partial charge in [-0.15, -0.1) is 0 Å². The third-order valence-electron chi connectivity index (χ3n) is 2.20. The molecule has 0 radical (unpaired) electrons. The van der Waals surface area contributed by atoms with Gasteiger partial charge in [0.15, 0.2) is 0 Å². The molecule has 1 aliphatic rings. The van der Waals surface area contributed by atoms with E-state index in [1.165, 1.54) is 19.3 Å². The largest absolute Gasteiger partial charge is 0.392 e. The van der Waals surface area contributed by atoms with E-state index in [2.05, 4.69) is 11.4 Å². The minimum absolute atomic E-state index is 0.220. The second kappa shape index (κ2) is 5.33. The van der Waals surface area contributed by atoms with Crippen molar-refractivity contribution in [3.63, 3.8) is 0 Å². The molecule has 0 heterocycles. The number of rotatable bonds is 5. The van der Waals surface area contributed by atoms with Gasteiger partial charge in [0.1, 0.15) is 0 Å². The summed E-state index contributed by atoms with van der Waals surface area (Å²) in [6.45, 7) is 3.53. The topological polar surface area (TPSA) is 32.3 Å². The van der Waals surface area contributed by atoms with E-state index in [0.29, 0.717) is 6.54 Å². The van der Waals surface area contributed by atoms with Crippen LogP contribution in [0, 0.1) is 0 Å². The highest BCUT2D eigenvalue weighted by atomic mass is 16.3. The molecule has 1 unspecified atom stereocenters. The molecule has 0 amide bonds. The molecule has 0 spiro atoms. The van der Waals surface area contributed by atoms with Crippen molar-refractivity contribution >= 4 is 0 Å². The molecule has 0 saturated carbocycles. The lowest BCUT2D eigenvalue weighted by Crippen LogP contribution is -2.25. The van der Waals surface area contributed by atoms with E-state index >= 15 is 0 Å². The van der Waals surface area contributed by atoms with Crippen molar-refractivity contribution in [3.8, 4) is 0 Å². The van der Waals surface area contributed by atoms with Crippen LogP contribution < -0.4 is 5.32 Å². The van der Waals surface area contributed by atoms with E-state index in [0.717, 1.165) is 13.0 Å². The van der Waals surface area contributed by atoms with Crippen molar-refractivity contribution in [2.45, 2.75) is 38.7 Å². The lowest BCUT2D eigenvalue weighted by Gasteiger charge is -2.06. The summed E-state index contributed by atoms with van der Waals surface area (Å²) in [5, 5.41) is 12.2. The normalized spacial score (nSPS) is 19.3. The number of hydrogen-bond donors (Lipinski definition) is 2. The van der Waals surface area contributed by atoms with Crippen LogP contribution in [0.25, 0.3) is 0 Å². The zero-order valence-electron chi connectivity index (χ0n) is 7.84. The van der Waals surface area contributed by atoms with Gasteiger partial charge in [0.05, 0.1) is 6.10 Å². The average molecular weight is 169 g/mol. The number of nitrogens with one attached hydrogen (secondary N) is 1. The number of hydrogen-bond acceptors (Lipinski definition) is 2. The molecule has 1 rings (SSSR count). The molecular weight excluding hydrogens is 150 g/mol. The molecule has 0 fully saturated rings. The van der Waals surface area contributed by atoms with Gasteiger partial charge in [-0.2, -0.15) is 0 Å². The molecule has 70 valence electrons. The SMILES string of the molecule is CC(O)CNCCC1=CCCC1. The van der Waals surface area contributed by atoms with Crippen molar-refractivity contribution < 1.29 is 5.11 Å². The number of aliphatic hydroxyl groups excluding tert-OH is 1. The molecule has 2 heteroatoms. The maximum absolute atomic E-state index is 8.97. The summed E-state index contributed by atoms with van der Waals surface area (Å²) in [6, 6.07) is 0. The summed E-state index contributed by atoms with van der Waals surface area (Å²) in [7, 11) is 0. The van der Waals surface area contributed by atoms with Crippen LogP contribution in [0.5, 0.6) is 0 Å². The molecule has 12 heavy (non-hydrogen) atoms. The number of allylic oxidation sites excluding steroid dienone is 1. The van der Waals surface area contributed by atoms with Crippen molar-refractivity contribution in [2.24, 2.45) is 0 Å². The molecule has 2 nitrogen and oxygen atoms in total. The van der Waals surface area contributed by atoms with Crippen molar-refractivity contribution in [2.75, 3.05) is 13.1 Å². The van der Waals surface area contributed by atoms with Gasteiger partial charge < -0.3 is 10.4 Å². The smallest absolute Gasteiger partial charge is 0.0636 e. The van der Waals surface area contributed by atoms with Gasteiger partial charge in [-0.1, -0.05) is 11.6 Å². The second-order valence-electron chi connectivity index (χ2n) is 3.56. The van der Waals surface area contributed by atoms with Crippen molar-refractivity contribution in [1.82, 2.24) is 5.32 Å². The Kier molecular flexibility index (Phi) is 4.33. The predicted octanol–water partition coefficient (Wildman–Crippen LogP) is 1.46. The fourth-order valence-corrected chi connectivity index (χ4v) is 1.52. The van der Waals surface area contributed by atoms with Crippen LogP contribution in [-0.4, -0.2) is 24.3 Å². The average Bonchev–Trinajstić information content (AvgIpc) is 2.49. The first-order valence-electron chi connectivity index (χ1n) is 4.85. The molecule has 0 aliphatic heterocycles. The Labute approximate surface area is 74.7 Å². The standard InChI is InChI=1S/C10H19NO/c1-9(12)8-11-7-6-10-4-2-3-5-10/h4,9,11-12H,2-3,5-8H2,1H3. The van der Waals surface area contributed by atoms with Crippen LogP contribution in [0.1, 0.15) is 32.6 Å². The third-order valence-corrected chi connectivity index (χ3v) is 2.20. The first kappa shape index (κ1) is 9.75. The monoisotopic (exact) mass is 169 g/mol. The zero-order chi connectivity index (χ0) is 8.81. The van der Waals surface area contributed by atoms with E-state index in [4.69, 9.17) is 5.11 Å². The summed E-state index contributed by atoms with van der Waals surface area (Å²) >= 11 is 0. The lowest BCUT2D eigenvalue weighted by atomic mass is 10.2. The second-order valence-corrected chi connectivity index (χ2v) is 3.56. The van der Waals surface area contributed by atoms with Crippen LogP contribution >= 0.6 is 0 Å². The minimum atomic E-state index is -0.220. The summed E-state index contributed by atoms with van der Waals surface area (Å²) < 4.78 is 0. The van der Waals surface area contributed by atoms with Crippen LogP contribution in [-0.2, 0) is 0 Å². The van der Waals surface area contributed by atoms with Gasteiger partial charge in [-0.25, -0.2) is 0 Å². The minimum Gasteiger partial charge on any atom is -0.392 e. The van der Waals surface area contributed by atoms with E-state index in [1.54, 1.807) is 5.57 Å². The van der Waals surface area contributed by atoms with E-state index in [1.807, 2.05) is 6.92 Å². The highest BCUT2D eigenvalue weighted by molar-refractivity contribution is 5.07. The van der Waals surface area contributed by atoms with Crippen LogP contribution in [0.2, 0.25) is 0 Å². The lowest BCUT2D eigenvalue weighted by molar-refractivity contribution is 0.191. The Hall–Kier alpha value is -0.340. The Morgan fingerprint density at radius 3 is 3.08 bits per heavy atom. The molecule has 2 N–H and O–H groups in total. The highest BCUT2D eigenvalue weighted by Crippen LogP contribution is 2.19. The predicted molar refractivity (Wildman–Crippen MR) is 51.1 cm³/mol. The number of aliphatic hydroxyl groups is 1. The van der Waals surface area contributed by atoms with E-state index in [-0.39, 0.29) is 6.10 Å². The Morgan fingerprint density at radius 2 is 2.50 bits per heavy atom. The summed E-state index contributed by atoms with van der Waals surface area (Å²) in [5.74, 6) is 0. The Balaban J connectivity index is 1.95. The van der Waals surface area contributed by atoms with E-state index < -0.39 is 0 Å². The molecule has 1 atom stereocenters. The molecular formula is C10H19NO. The van der Waals surface area contributed by atoms with Crippen molar-refractivity contribution in [3.05, 3.63) is 11.6 Å². The Morgan fingerprint density at radius 1 is 1.67 bits per heavy atom. The van der Waals surface area contributed by atoms with E-state index in [9.17, 15) is 0 Å². The van der Waals surface area contributed by atoms with Gasteiger partial charge in [-0.05, 0) is 39.2 Å². The van der Waals surface area contributed by atoms with Gasteiger partial charge in [0, 0.05) is 6.54 Å². The first-order valence-corrected chi connectivity index (χ1v) is 4.85. The van der Waals surface area contributed by atoms with Gasteiger partial charge >= 0.3 is 0 Å². The maximum Gasteiger partial charge on any atom is 0.0636 e. The molecule has 0 bridgehead atoms. The molecule has 0 aromatic carbocycles. The summed E-state index contributed by atoms with van der Waals surface area (Å²) in [5.41, 5.74) is 1.59. The Bertz CT molecular complexity index is 152. The maximum atomic E-state index is 8.97.